The average Bonchev–Trinajstić information content (AvgIpc) is 3.48. The molecular weight excluding hydrogens is 445 g/mol. The highest BCUT2D eigenvalue weighted by atomic mass is 32.1. The van der Waals surface area contributed by atoms with Crippen LogP contribution in [0.4, 0.5) is 4.39 Å². The van der Waals surface area contributed by atoms with Crippen molar-refractivity contribution in [3.05, 3.63) is 52.3 Å². The number of nitrogens with zero attached hydrogens (tertiary/aromatic N) is 3. The summed E-state index contributed by atoms with van der Waals surface area (Å²) < 4.78 is 27.1. The minimum absolute atomic E-state index is 0.0371. The first-order valence-electron chi connectivity index (χ1n) is 10.7. The van der Waals surface area contributed by atoms with E-state index in [1.54, 1.807) is 25.3 Å². The van der Waals surface area contributed by atoms with Crippen molar-refractivity contribution >= 4 is 38.0 Å². The number of phenols is 1. The molecule has 1 saturated carbocycles. The number of rotatable bonds is 5. The molecule has 6 rings (SSSR count). The first-order chi connectivity index (χ1) is 16.0. The van der Waals surface area contributed by atoms with E-state index in [1.807, 2.05) is 18.2 Å². The Kier molecular flexibility index (Phi) is 4.62. The summed E-state index contributed by atoms with van der Waals surface area (Å²) in [4.78, 5) is 22.9. The number of methoxy groups -OCH3 is 1. The second-order valence-electron chi connectivity index (χ2n) is 8.32. The number of aliphatic imine (C=N–C) groups is 1. The fourth-order valence-electron chi connectivity index (χ4n) is 4.39. The number of phenolic OH excluding ortho intramolecular Hbond substituents is 1. The maximum atomic E-state index is 14.3. The van der Waals surface area contributed by atoms with Gasteiger partial charge in [0, 0.05) is 10.9 Å². The number of thiophene rings is 1. The van der Waals surface area contributed by atoms with Gasteiger partial charge in [0.15, 0.2) is 12.5 Å². The number of benzene rings is 2. The van der Waals surface area contributed by atoms with Gasteiger partial charge in [0.05, 0.1) is 23.7 Å². The smallest absolute Gasteiger partial charge is 0.263 e. The summed E-state index contributed by atoms with van der Waals surface area (Å²) in [5.74, 6) is 1.65. The van der Waals surface area contributed by atoms with E-state index >= 15 is 0 Å². The molecule has 0 spiro atoms. The molecule has 0 amide bonds. The molecule has 2 unspecified atom stereocenters. The molecule has 33 heavy (non-hydrogen) atoms. The van der Waals surface area contributed by atoms with Gasteiger partial charge in [0.1, 0.15) is 22.2 Å². The van der Waals surface area contributed by atoms with Gasteiger partial charge in [-0.2, -0.15) is 0 Å². The van der Waals surface area contributed by atoms with Crippen molar-refractivity contribution in [2.45, 2.75) is 37.7 Å². The summed E-state index contributed by atoms with van der Waals surface area (Å²) in [5.41, 5.74) is 1.57. The van der Waals surface area contributed by atoms with E-state index in [1.165, 1.54) is 15.9 Å². The minimum Gasteiger partial charge on any atom is -0.506 e. The van der Waals surface area contributed by atoms with Crippen LogP contribution in [0.1, 0.15) is 24.3 Å². The van der Waals surface area contributed by atoms with Crippen LogP contribution in [0.3, 0.4) is 0 Å². The lowest BCUT2D eigenvalue weighted by Crippen LogP contribution is -2.32. The molecule has 3 heterocycles. The first-order valence-corrected chi connectivity index (χ1v) is 11.5. The zero-order valence-corrected chi connectivity index (χ0v) is 18.5. The zero-order valence-electron chi connectivity index (χ0n) is 17.7. The third-order valence-corrected chi connectivity index (χ3v) is 7.35. The largest absolute Gasteiger partial charge is 0.506 e. The Balaban J connectivity index is 1.64. The number of alkyl halides is 1. The predicted molar refractivity (Wildman–Crippen MR) is 125 cm³/mol. The van der Waals surface area contributed by atoms with Crippen LogP contribution in [0.5, 0.6) is 11.5 Å². The quantitative estimate of drug-likeness (QED) is 0.436. The van der Waals surface area contributed by atoms with Crippen LogP contribution >= 0.6 is 11.3 Å². The maximum absolute atomic E-state index is 14.3. The van der Waals surface area contributed by atoms with Gasteiger partial charge in [-0.25, -0.2) is 14.4 Å². The summed E-state index contributed by atoms with van der Waals surface area (Å²) in [6.45, 7) is -0.0371. The van der Waals surface area contributed by atoms with Crippen molar-refractivity contribution in [2.24, 2.45) is 4.99 Å². The Hall–Kier alpha value is -3.46. The highest BCUT2D eigenvalue weighted by molar-refractivity contribution is 7.25. The van der Waals surface area contributed by atoms with Crippen LogP contribution in [0, 0.1) is 0 Å². The van der Waals surface area contributed by atoms with Crippen LogP contribution in [0.2, 0.25) is 0 Å². The summed E-state index contributed by atoms with van der Waals surface area (Å²) >= 11 is 1.27. The lowest BCUT2D eigenvalue weighted by Gasteiger charge is -2.19. The number of aromatic hydroxyl groups is 1. The molecule has 7 nitrogen and oxygen atoms in total. The molecule has 2 atom stereocenters. The van der Waals surface area contributed by atoms with E-state index in [0.717, 1.165) is 36.1 Å². The van der Waals surface area contributed by atoms with Gasteiger partial charge in [-0.05, 0) is 48.6 Å². The molecule has 4 aromatic rings. The van der Waals surface area contributed by atoms with Gasteiger partial charge in [0.25, 0.3) is 5.56 Å². The Bertz CT molecular complexity index is 1490. The third kappa shape index (κ3) is 3.26. The van der Waals surface area contributed by atoms with Crippen molar-refractivity contribution < 1.29 is 19.0 Å². The van der Waals surface area contributed by atoms with E-state index in [4.69, 9.17) is 14.5 Å². The highest BCUT2D eigenvalue weighted by Gasteiger charge is 2.32. The molecule has 0 bridgehead atoms. The fraction of sp³-hybridized carbons (Fsp3) is 0.292. The predicted octanol–water partition coefficient (Wildman–Crippen LogP) is 4.59. The number of hydrogen-bond donors (Lipinski definition) is 1. The second kappa shape index (κ2) is 7.55. The maximum Gasteiger partial charge on any atom is 0.263 e. The topological polar surface area (TPSA) is 85.9 Å². The van der Waals surface area contributed by atoms with E-state index in [2.05, 4.69) is 4.99 Å². The number of ether oxygens (including phenoxy) is 2. The highest BCUT2D eigenvalue weighted by Crippen LogP contribution is 2.46. The van der Waals surface area contributed by atoms with Crippen molar-refractivity contribution in [2.75, 3.05) is 7.11 Å². The molecule has 0 saturated heterocycles. The number of aromatic nitrogens is 2. The SMILES string of the molecule is COc1ccc(-c2nc3sc4c(O)cccc4c3c(=O)n2CC2OC=NC2F)c(C2CC2)c1. The van der Waals surface area contributed by atoms with E-state index in [9.17, 15) is 14.3 Å². The Morgan fingerprint density at radius 1 is 1.30 bits per heavy atom. The average molecular weight is 466 g/mol. The van der Waals surface area contributed by atoms with Crippen molar-refractivity contribution in [1.82, 2.24) is 9.55 Å². The number of fused-ring (bicyclic) bond motifs is 3. The molecule has 1 aliphatic carbocycles. The summed E-state index contributed by atoms with van der Waals surface area (Å²) in [7, 11) is 1.62. The molecule has 168 valence electrons. The van der Waals surface area contributed by atoms with Crippen molar-refractivity contribution in [3.63, 3.8) is 0 Å². The summed E-state index contributed by atoms with van der Waals surface area (Å²) in [5, 5.41) is 11.4. The molecular formula is C24H20FN3O4S. The molecule has 0 radical (unpaired) electrons. The van der Waals surface area contributed by atoms with Gasteiger partial charge in [0.2, 0.25) is 6.30 Å². The zero-order chi connectivity index (χ0) is 22.7. The molecule has 2 aliphatic rings. The molecule has 9 heteroatoms. The lowest BCUT2D eigenvalue weighted by molar-refractivity contribution is 0.116. The summed E-state index contributed by atoms with van der Waals surface area (Å²) in [6.07, 6.45) is 0.724. The Labute approximate surface area is 191 Å². The van der Waals surface area contributed by atoms with Crippen LogP contribution in [-0.4, -0.2) is 40.6 Å². The fourth-order valence-corrected chi connectivity index (χ4v) is 5.46. The first kappa shape index (κ1) is 20.2. The van der Waals surface area contributed by atoms with Gasteiger partial charge in [-0.15, -0.1) is 11.3 Å². The number of halogens is 1. The minimum atomic E-state index is -1.55. The molecule has 2 aromatic carbocycles. The normalized spacial score (nSPS) is 19.9. The third-order valence-electron chi connectivity index (χ3n) is 6.22. The van der Waals surface area contributed by atoms with E-state index < -0.39 is 12.4 Å². The molecule has 2 aromatic heterocycles. The lowest BCUT2D eigenvalue weighted by atomic mass is 10.0. The van der Waals surface area contributed by atoms with Gasteiger partial charge < -0.3 is 14.6 Å². The van der Waals surface area contributed by atoms with Crippen molar-refractivity contribution in [1.29, 1.82) is 0 Å². The monoisotopic (exact) mass is 465 g/mol. The van der Waals surface area contributed by atoms with Crippen LogP contribution in [-0.2, 0) is 11.3 Å². The van der Waals surface area contributed by atoms with Gasteiger partial charge >= 0.3 is 0 Å². The Morgan fingerprint density at radius 3 is 2.88 bits per heavy atom. The van der Waals surface area contributed by atoms with Crippen LogP contribution < -0.4 is 10.3 Å². The van der Waals surface area contributed by atoms with Crippen LogP contribution in [0.25, 0.3) is 31.7 Å². The summed E-state index contributed by atoms with van der Waals surface area (Å²) in [6, 6.07) is 10.8. The van der Waals surface area contributed by atoms with E-state index in [-0.39, 0.29) is 17.9 Å². The molecule has 1 fully saturated rings. The molecule has 1 N–H and O–H groups in total. The molecule has 1 aliphatic heterocycles. The van der Waals surface area contributed by atoms with Crippen molar-refractivity contribution in [3.8, 4) is 22.9 Å². The van der Waals surface area contributed by atoms with Gasteiger partial charge in [-0.3, -0.25) is 9.36 Å². The Morgan fingerprint density at radius 2 is 2.15 bits per heavy atom. The standard InChI is InChI=1S/C24H20FN3O4S/c1-31-13-7-8-14(16(9-13)12-5-6-12)22-27-23-19(15-3-2-4-17(29)20(15)33-23)24(30)28(22)10-18-21(25)26-11-32-18/h2-4,7-9,11-12,18,21,29H,5-6,10H2,1H3. The van der Waals surface area contributed by atoms with E-state index in [0.29, 0.717) is 32.0 Å². The second-order valence-corrected chi connectivity index (χ2v) is 9.32. The number of hydrogen-bond acceptors (Lipinski definition) is 7. The van der Waals surface area contributed by atoms with Gasteiger partial charge in [-0.1, -0.05) is 12.1 Å². The van der Waals surface area contributed by atoms with Crippen LogP contribution in [0.15, 0.2) is 46.2 Å².